The first-order valence-corrected chi connectivity index (χ1v) is 12.5. The molecule has 29 heavy (non-hydrogen) atoms. The van der Waals surface area contributed by atoms with Crippen LogP contribution in [0.3, 0.4) is 0 Å². The van der Waals surface area contributed by atoms with Gasteiger partial charge in [-0.3, -0.25) is 0 Å². The summed E-state index contributed by atoms with van der Waals surface area (Å²) in [6.45, 7) is 3.40. The van der Waals surface area contributed by atoms with Crippen LogP contribution in [0.5, 0.6) is 5.75 Å². The molecule has 1 aromatic carbocycles. The van der Waals surface area contributed by atoms with E-state index in [-0.39, 0.29) is 4.90 Å². The average Bonchev–Trinajstić information content (AvgIpc) is 3.00. The lowest BCUT2D eigenvalue weighted by Gasteiger charge is -2.30. The Bertz CT molecular complexity index is 805. The topological polar surface area (TPSA) is 70.7 Å². The van der Waals surface area contributed by atoms with Crippen LogP contribution in [0.25, 0.3) is 0 Å². The van der Waals surface area contributed by atoms with Crippen LogP contribution >= 0.6 is 12.2 Å². The maximum atomic E-state index is 13.1. The second-order valence-corrected chi connectivity index (χ2v) is 10.5. The highest BCUT2D eigenvalue weighted by Crippen LogP contribution is 2.30. The molecule has 8 heteroatoms. The van der Waals surface area contributed by atoms with Gasteiger partial charge in [0.1, 0.15) is 5.75 Å². The van der Waals surface area contributed by atoms with Crippen molar-refractivity contribution in [2.75, 3.05) is 25.5 Å². The van der Waals surface area contributed by atoms with Crippen LogP contribution in [0.1, 0.15) is 58.3 Å². The van der Waals surface area contributed by atoms with E-state index < -0.39 is 10.0 Å². The van der Waals surface area contributed by atoms with E-state index in [1.54, 1.807) is 29.6 Å². The Balaban J connectivity index is 1.76. The monoisotopic (exact) mass is 439 g/mol. The molecular weight excluding hydrogens is 406 g/mol. The van der Waals surface area contributed by atoms with E-state index in [1.165, 1.54) is 19.3 Å². The van der Waals surface area contributed by atoms with Crippen molar-refractivity contribution in [3.63, 3.8) is 0 Å². The largest absolute Gasteiger partial charge is 0.495 e. The minimum absolute atomic E-state index is 0.275. The Morgan fingerprint density at radius 3 is 2.45 bits per heavy atom. The predicted molar refractivity (Wildman–Crippen MR) is 121 cm³/mol. The van der Waals surface area contributed by atoms with Gasteiger partial charge in [-0.1, -0.05) is 32.6 Å². The van der Waals surface area contributed by atoms with Gasteiger partial charge in [-0.2, -0.15) is 4.31 Å². The van der Waals surface area contributed by atoms with Crippen LogP contribution in [0.15, 0.2) is 23.1 Å². The van der Waals surface area contributed by atoms with Gasteiger partial charge in [-0.25, -0.2) is 8.42 Å². The zero-order valence-electron chi connectivity index (χ0n) is 17.4. The number of hydrogen-bond acceptors (Lipinski definition) is 4. The first-order chi connectivity index (χ1) is 13.9. The number of methoxy groups -OCH3 is 1. The van der Waals surface area contributed by atoms with Crippen molar-refractivity contribution < 1.29 is 13.2 Å². The lowest BCUT2D eigenvalue weighted by atomic mass is 9.86. The lowest BCUT2D eigenvalue weighted by Crippen LogP contribution is -2.43. The summed E-state index contributed by atoms with van der Waals surface area (Å²) < 4.78 is 33.3. The third kappa shape index (κ3) is 5.61. The van der Waals surface area contributed by atoms with Gasteiger partial charge in [0.15, 0.2) is 5.11 Å². The molecule has 0 amide bonds. The zero-order chi connectivity index (χ0) is 20.9. The van der Waals surface area contributed by atoms with Gasteiger partial charge in [-0.15, -0.1) is 0 Å². The van der Waals surface area contributed by atoms with Crippen molar-refractivity contribution in [2.24, 2.45) is 5.92 Å². The van der Waals surface area contributed by atoms with Crippen LogP contribution in [0.4, 0.5) is 5.69 Å². The molecule has 2 N–H and O–H groups in total. The van der Waals surface area contributed by atoms with Crippen LogP contribution in [-0.4, -0.2) is 44.1 Å². The normalized spacial score (nSPS) is 23.8. The molecule has 1 saturated carbocycles. The van der Waals surface area contributed by atoms with Gasteiger partial charge >= 0.3 is 0 Å². The minimum Gasteiger partial charge on any atom is -0.495 e. The number of anilines is 1. The summed E-state index contributed by atoms with van der Waals surface area (Å²) in [6, 6.07) is 5.29. The molecule has 0 spiro atoms. The smallest absolute Gasteiger partial charge is 0.243 e. The fraction of sp³-hybridized carbons (Fsp3) is 0.667. The van der Waals surface area contributed by atoms with Crippen LogP contribution < -0.4 is 15.4 Å². The molecule has 1 aliphatic heterocycles. The van der Waals surface area contributed by atoms with Crippen LogP contribution in [0.2, 0.25) is 0 Å². The van der Waals surface area contributed by atoms with Gasteiger partial charge in [0, 0.05) is 19.1 Å². The summed E-state index contributed by atoms with van der Waals surface area (Å²) in [6.07, 6.45) is 8.77. The molecule has 1 aromatic rings. The molecule has 0 radical (unpaired) electrons. The van der Waals surface area contributed by atoms with Crippen molar-refractivity contribution >= 4 is 33.0 Å². The zero-order valence-corrected chi connectivity index (χ0v) is 19.1. The number of hydrogen-bond donors (Lipinski definition) is 2. The SMILES string of the molecule is COc1ccc(S(=O)(=O)N2CCCCCC2)cc1NC(=S)NC1CCCCC1C. The molecule has 1 saturated heterocycles. The molecule has 0 bridgehead atoms. The van der Waals surface area contributed by atoms with Crippen molar-refractivity contribution in [1.82, 2.24) is 9.62 Å². The molecule has 2 unspecified atom stereocenters. The third-order valence-electron chi connectivity index (χ3n) is 6.05. The van der Waals surface area contributed by atoms with Gasteiger partial charge in [0.25, 0.3) is 0 Å². The molecule has 2 fully saturated rings. The fourth-order valence-corrected chi connectivity index (χ4v) is 6.04. The van der Waals surface area contributed by atoms with E-state index in [4.69, 9.17) is 17.0 Å². The van der Waals surface area contributed by atoms with Crippen molar-refractivity contribution in [3.05, 3.63) is 18.2 Å². The number of sulfonamides is 1. The molecular formula is C21H33N3O3S2. The van der Waals surface area contributed by atoms with Crippen molar-refractivity contribution in [1.29, 1.82) is 0 Å². The quantitative estimate of drug-likeness (QED) is 0.673. The Hall–Kier alpha value is -1.38. The molecule has 6 nitrogen and oxygen atoms in total. The highest BCUT2D eigenvalue weighted by atomic mass is 32.2. The summed E-state index contributed by atoms with van der Waals surface area (Å²) in [4.78, 5) is 0.275. The molecule has 1 aliphatic carbocycles. The number of thiocarbonyl (C=S) groups is 1. The van der Waals surface area contributed by atoms with E-state index in [0.717, 1.165) is 32.1 Å². The van der Waals surface area contributed by atoms with E-state index in [9.17, 15) is 8.42 Å². The van der Waals surface area contributed by atoms with E-state index in [0.29, 0.717) is 41.6 Å². The van der Waals surface area contributed by atoms with E-state index >= 15 is 0 Å². The summed E-state index contributed by atoms with van der Waals surface area (Å²) in [5, 5.41) is 7.08. The predicted octanol–water partition coefficient (Wildman–Crippen LogP) is 4.13. The lowest BCUT2D eigenvalue weighted by molar-refractivity contribution is 0.309. The standard InChI is InChI=1S/C21H33N3O3S2/c1-16-9-5-6-10-18(16)22-21(28)23-19-15-17(11-12-20(19)27-2)29(25,26)24-13-7-3-4-8-14-24/h11-12,15-16,18H,3-10,13-14H2,1-2H3,(H2,22,23,28). The first-order valence-electron chi connectivity index (χ1n) is 10.7. The van der Waals surface area contributed by atoms with Gasteiger partial charge in [0.2, 0.25) is 10.0 Å². The summed E-state index contributed by atoms with van der Waals surface area (Å²) >= 11 is 5.52. The van der Waals surface area contributed by atoms with Crippen molar-refractivity contribution in [2.45, 2.75) is 69.2 Å². The number of rotatable bonds is 5. The number of ether oxygens (including phenoxy) is 1. The Morgan fingerprint density at radius 1 is 1.10 bits per heavy atom. The van der Waals surface area contributed by atoms with E-state index in [1.807, 2.05) is 0 Å². The number of nitrogens with zero attached hydrogens (tertiary/aromatic N) is 1. The van der Waals surface area contributed by atoms with Crippen LogP contribution in [-0.2, 0) is 10.0 Å². The van der Waals surface area contributed by atoms with Crippen molar-refractivity contribution in [3.8, 4) is 5.75 Å². The molecule has 2 aliphatic rings. The highest BCUT2D eigenvalue weighted by Gasteiger charge is 2.26. The summed E-state index contributed by atoms with van der Waals surface area (Å²) in [5.74, 6) is 1.14. The Labute approximate surface area is 180 Å². The van der Waals surface area contributed by atoms with E-state index in [2.05, 4.69) is 17.6 Å². The Morgan fingerprint density at radius 2 is 1.79 bits per heavy atom. The van der Waals surface area contributed by atoms with Gasteiger partial charge in [0.05, 0.1) is 17.7 Å². The highest BCUT2D eigenvalue weighted by molar-refractivity contribution is 7.89. The second kappa shape index (κ2) is 10.1. The van der Waals surface area contributed by atoms with Gasteiger partial charge < -0.3 is 15.4 Å². The maximum Gasteiger partial charge on any atom is 0.243 e. The molecule has 1 heterocycles. The first kappa shape index (κ1) is 22.3. The molecule has 2 atom stereocenters. The third-order valence-corrected chi connectivity index (χ3v) is 8.16. The second-order valence-electron chi connectivity index (χ2n) is 8.15. The molecule has 0 aromatic heterocycles. The summed E-state index contributed by atoms with van der Waals surface area (Å²) in [5.41, 5.74) is 0.573. The maximum absolute atomic E-state index is 13.1. The minimum atomic E-state index is -3.53. The average molecular weight is 440 g/mol. The van der Waals surface area contributed by atoms with Crippen LogP contribution in [0, 0.1) is 5.92 Å². The molecule has 3 rings (SSSR count). The van der Waals surface area contributed by atoms with Gasteiger partial charge in [-0.05, 0) is 62.0 Å². The molecule has 162 valence electrons. The fourth-order valence-electron chi connectivity index (χ4n) is 4.23. The number of nitrogens with one attached hydrogen (secondary N) is 2. The summed E-state index contributed by atoms with van der Waals surface area (Å²) in [7, 11) is -1.96. The Kier molecular flexibility index (Phi) is 7.76. The number of benzene rings is 1.